The summed E-state index contributed by atoms with van der Waals surface area (Å²) in [5.74, 6) is 0. The molecule has 1 atom stereocenters. The van der Waals surface area contributed by atoms with Crippen molar-refractivity contribution in [2.24, 2.45) is 0 Å². The molecule has 1 unspecified atom stereocenters. The van der Waals surface area contributed by atoms with Gasteiger partial charge in [0.05, 0.1) is 0 Å². The van der Waals surface area contributed by atoms with E-state index in [1.807, 2.05) is 11.6 Å². The molecule has 1 heterocycles. The van der Waals surface area contributed by atoms with Crippen LogP contribution in [0, 0.1) is 0 Å². The Bertz CT molecular complexity index is 500. The van der Waals surface area contributed by atoms with Gasteiger partial charge in [0.1, 0.15) is 0 Å². The molecule has 1 aromatic heterocycles. The van der Waals surface area contributed by atoms with Gasteiger partial charge in [0.25, 0.3) is 0 Å². The lowest BCUT2D eigenvalue weighted by atomic mass is 10.1. The van der Waals surface area contributed by atoms with Crippen LogP contribution < -0.4 is 5.32 Å². The van der Waals surface area contributed by atoms with Crippen molar-refractivity contribution >= 4 is 39.0 Å². The van der Waals surface area contributed by atoms with Crippen LogP contribution in [0.2, 0.25) is 0 Å². The summed E-state index contributed by atoms with van der Waals surface area (Å²) in [4.78, 5) is 5.49. The molecule has 0 aliphatic carbocycles. The molecule has 0 aliphatic rings. The van der Waals surface area contributed by atoms with E-state index in [9.17, 15) is 0 Å². The summed E-state index contributed by atoms with van der Waals surface area (Å²) in [7, 11) is 0. The lowest BCUT2D eigenvalue weighted by molar-refractivity contribution is 0.597. The van der Waals surface area contributed by atoms with E-state index in [2.05, 4.69) is 58.3 Å². The maximum atomic E-state index is 4.29. The Morgan fingerprint density at radius 1 is 1.50 bits per heavy atom. The number of thiazole rings is 1. The Kier molecular flexibility index (Phi) is 5.24. The molecule has 1 N–H and O–H groups in total. The summed E-state index contributed by atoms with van der Waals surface area (Å²) in [5, 5.41) is 5.41. The van der Waals surface area contributed by atoms with Crippen LogP contribution in [-0.4, -0.2) is 11.5 Å². The molecule has 2 nitrogen and oxygen atoms in total. The predicted molar refractivity (Wildman–Crippen MR) is 82.5 cm³/mol. The third kappa shape index (κ3) is 3.57. The molecule has 0 bridgehead atoms. The second kappa shape index (κ2) is 6.70. The van der Waals surface area contributed by atoms with Crippen molar-refractivity contribution in [3.05, 3.63) is 39.8 Å². The van der Waals surface area contributed by atoms with Gasteiger partial charge in [-0.2, -0.15) is 0 Å². The minimum atomic E-state index is 0.380. The lowest BCUT2D eigenvalue weighted by Gasteiger charge is -2.14. The van der Waals surface area contributed by atoms with Gasteiger partial charge in [0.15, 0.2) is 4.34 Å². The van der Waals surface area contributed by atoms with E-state index < -0.39 is 0 Å². The fourth-order valence-electron chi connectivity index (χ4n) is 1.65. The number of hydrogen-bond donors (Lipinski definition) is 1. The average molecular weight is 343 g/mol. The summed E-state index contributed by atoms with van der Waals surface area (Å²) in [5.41, 5.74) is 1.30. The fraction of sp³-hybridized carbons (Fsp3) is 0.308. The van der Waals surface area contributed by atoms with Crippen LogP contribution >= 0.6 is 39.0 Å². The number of nitrogens with zero attached hydrogens (tertiary/aromatic N) is 1. The average Bonchev–Trinajstić information content (AvgIpc) is 2.85. The van der Waals surface area contributed by atoms with Gasteiger partial charge in [0, 0.05) is 27.0 Å². The zero-order chi connectivity index (χ0) is 13.0. The van der Waals surface area contributed by atoms with Gasteiger partial charge in [-0.1, -0.05) is 24.8 Å². The number of halogens is 1. The molecule has 0 fully saturated rings. The standard InChI is InChI=1S/C13H15BrN2S2/c1-3-15-9(2)10-4-5-12(11(14)8-10)18-13-16-6-7-17-13/h4-9,15H,3H2,1-2H3. The number of hydrogen-bond acceptors (Lipinski definition) is 4. The molecule has 96 valence electrons. The van der Waals surface area contributed by atoms with Crippen LogP contribution in [0.25, 0.3) is 0 Å². The van der Waals surface area contributed by atoms with E-state index in [1.54, 1.807) is 23.1 Å². The largest absolute Gasteiger partial charge is 0.310 e. The Morgan fingerprint density at radius 2 is 2.33 bits per heavy atom. The van der Waals surface area contributed by atoms with E-state index in [0.29, 0.717) is 6.04 Å². The summed E-state index contributed by atoms with van der Waals surface area (Å²) in [6.07, 6.45) is 1.84. The fourth-order valence-corrected chi connectivity index (χ4v) is 3.87. The normalized spacial score (nSPS) is 12.6. The SMILES string of the molecule is CCNC(C)c1ccc(Sc2nccs2)c(Br)c1. The van der Waals surface area contributed by atoms with Gasteiger partial charge in [-0.3, -0.25) is 0 Å². The van der Waals surface area contributed by atoms with Gasteiger partial charge < -0.3 is 5.32 Å². The van der Waals surface area contributed by atoms with E-state index in [-0.39, 0.29) is 0 Å². The van der Waals surface area contributed by atoms with Crippen LogP contribution in [0.4, 0.5) is 0 Å². The van der Waals surface area contributed by atoms with Crippen molar-refractivity contribution in [1.82, 2.24) is 10.3 Å². The Labute approximate surface area is 124 Å². The first-order valence-electron chi connectivity index (χ1n) is 5.81. The quantitative estimate of drug-likeness (QED) is 0.850. The third-order valence-corrected chi connectivity index (χ3v) is 5.45. The monoisotopic (exact) mass is 342 g/mol. The summed E-state index contributed by atoms with van der Waals surface area (Å²) < 4.78 is 2.20. The maximum absolute atomic E-state index is 4.29. The third-order valence-electron chi connectivity index (χ3n) is 2.57. The molecule has 0 amide bonds. The zero-order valence-corrected chi connectivity index (χ0v) is 13.5. The first-order chi connectivity index (χ1) is 8.70. The molecule has 0 spiro atoms. The van der Waals surface area contributed by atoms with Gasteiger partial charge in [0.2, 0.25) is 0 Å². The van der Waals surface area contributed by atoms with Crippen LogP contribution in [0.15, 0.2) is 43.5 Å². The highest BCUT2D eigenvalue weighted by Crippen LogP contribution is 2.35. The van der Waals surface area contributed by atoms with Crippen molar-refractivity contribution in [1.29, 1.82) is 0 Å². The Morgan fingerprint density at radius 3 is 2.94 bits per heavy atom. The van der Waals surface area contributed by atoms with Crippen molar-refractivity contribution in [3.8, 4) is 0 Å². The molecule has 18 heavy (non-hydrogen) atoms. The van der Waals surface area contributed by atoms with E-state index >= 15 is 0 Å². The topological polar surface area (TPSA) is 24.9 Å². The second-order valence-electron chi connectivity index (χ2n) is 3.87. The van der Waals surface area contributed by atoms with Crippen LogP contribution in [0.1, 0.15) is 25.5 Å². The van der Waals surface area contributed by atoms with Crippen LogP contribution in [0.5, 0.6) is 0 Å². The number of benzene rings is 1. The van der Waals surface area contributed by atoms with Crippen LogP contribution in [-0.2, 0) is 0 Å². The summed E-state index contributed by atoms with van der Waals surface area (Å²) >= 11 is 7.00. The molecule has 2 rings (SSSR count). The zero-order valence-electron chi connectivity index (χ0n) is 10.3. The minimum absolute atomic E-state index is 0.380. The summed E-state index contributed by atoms with van der Waals surface area (Å²) in [6, 6.07) is 6.89. The molecule has 2 aromatic rings. The van der Waals surface area contributed by atoms with Gasteiger partial charge in [-0.25, -0.2) is 4.98 Å². The van der Waals surface area contributed by atoms with E-state index in [1.165, 1.54) is 10.5 Å². The van der Waals surface area contributed by atoms with Crippen molar-refractivity contribution < 1.29 is 0 Å². The highest BCUT2D eigenvalue weighted by atomic mass is 79.9. The minimum Gasteiger partial charge on any atom is -0.310 e. The van der Waals surface area contributed by atoms with Gasteiger partial charge in [-0.15, -0.1) is 11.3 Å². The van der Waals surface area contributed by atoms with Gasteiger partial charge in [-0.05, 0) is 47.1 Å². The highest BCUT2D eigenvalue weighted by molar-refractivity contribution is 9.10. The number of nitrogens with one attached hydrogen (secondary N) is 1. The molecular weight excluding hydrogens is 328 g/mol. The van der Waals surface area contributed by atoms with Crippen molar-refractivity contribution in [2.45, 2.75) is 29.1 Å². The smallest absolute Gasteiger partial charge is 0.154 e. The molecule has 5 heteroatoms. The lowest BCUT2D eigenvalue weighted by Crippen LogP contribution is -2.17. The molecule has 0 saturated heterocycles. The van der Waals surface area contributed by atoms with Crippen molar-refractivity contribution in [2.75, 3.05) is 6.54 Å². The van der Waals surface area contributed by atoms with E-state index in [4.69, 9.17) is 0 Å². The Balaban J connectivity index is 2.14. The molecule has 0 aliphatic heterocycles. The van der Waals surface area contributed by atoms with Gasteiger partial charge >= 0.3 is 0 Å². The first kappa shape index (κ1) is 14.1. The molecule has 0 radical (unpaired) electrons. The highest BCUT2D eigenvalue weighted by Gasteiger charge is 2.08. The first-order valence-corrected chi connectivity index (χ1v) is 8.29. The van der Waals surface area contributed by atoms with Crippen LogP contribution in [0.3, 0.4) is 0 Å². The van der Waals surface area contributed by atoms with E-state index in [0.717, 1.165) is 15.4 Å². The van der Waals surface area contributed by atoms with Crippen molar-refractivity contribution in [3.63, 3.8) is 0 Å². The number of rotatable bonds is 5. The maximum Gasteiger partial charge on any atom is 0.154 e. The summed E-state index contributed by atoms with van der Waals surface area (Å²) in [6.45, 7) is 5.28. The second-order valence-corrected chi connectivity index (χ2v) is 6.91. The molecular formula is C13H15BrN2S2. The number of aromatic nitrogens is 1. The molecule has 1 aromatic carbocycles. The Hall–Kier alpha value is -0.360. The predicted octanol–water partition coefficient (Wildman–Crippen LogP) is 4.73. The molecule has 0 saturated carbocycles.